The Morgan fingerprint density at radius 2 is 2.38 bits per heavy atom. The van der Waals surface area contributed by atoms with Crippen LogP contribution in [0.4, 0.5) is 0 Å². The fourth-order valence-corrected chi connectivity index (χ4v) is 1.77. The summed E-state index contributed by atoms with van der Waals surface area (Å²) >= 11 is 1.51. The van der Waals surface area contributed by atoms with Crippen molar-refractivity contribution in [2.75, 3.05) is 6.61 Å². The zero-order chi connectivity index (χ0) is 9.84. The van der Waals surface area contributed by atoms with E-state index in [1.807, 2.05) is 17.7 Å². The molecular formula is C9H13NO2S. The lowest BCUT2D eigenvalue weighted by molar-refractivity contribution is 0.0922. The molecule has 1 atom stereocenters. The highest BCUT2D eigenvalue weighted by molar-refractivity contribution is 7.08. The van der Waals surface area contributed by atoms with Gasteiger partial charge in [-0.15, -0.1) is 0 Å². The average molecular weight is 199 g/mol. The Hall–Kier alpha value is -0.870. The van der Waals surface area contributed by atoms with Crippen LogP contribution in [0, 0.1) is 6.92 Å². The van der Waals surface area contributed by atoms with Crippen LogP contribution in [-0.4, -0.2) is 23.7 Å². The highest BCUT2D eigenvalue weighted by Crippen LogP contribution is 2.13. The van der Waals surface area contributed by atoms with Gasteiger partial charge in [-0.1, -0.05) is 0 Å². The van der Waals surface area contributed by atoms with Crippen molar-refractivity contribution in [2.24, 2.45) is 0 Å². The maximum Gasteiger partial charge on any atom is 0.252 e. The zero-order valence-electron chi connectivity index (χ0n) is 7.70. The smallest absolute Gasteiger partial charge is 0.252 e. The number of aryl methyl sites for hydroxylation is 1. The number of amides is 1. The number of aliphatic hydroxyl groups is 1. The van der Waals surface area contributed by atoms with Crippen LogP contribution in [0.5, 0.6) is 0 Å². The molecule has 4 heteroatoms. The molecule has 0 radical (unpaired) electrons. The summed E-state index contributed by atoms with van der Waals surface area (Å²) in [6, 6.07) is -0.188. The number of aliphatic hydroxyl groups excluding tert-OH is 1. The molecule has 3 nitrogen and oxygen atoms in total. The largest absolute Gasteiger partial charge is 0.394 e. The Balaban J connectivity index is 2.64. The van der Waals surface area contributed by atoms with Crippen LogP contribution in [0.3, 0.4) is 0 Å². The molecule has 1 amide bonds. The molecular weight excluding hydrogens is 186 g/mol. The molecule has 0 aliphatic rings. The summed E-state index contributed by atoms with van der Waals surface area (Å²) in [5.74, 6) is -0.111. The third-order valence-electron chi connectivity index (χ3n) is 1.75. The maximum atomic E-state index is 11.5. The topological polar surface area (TPSA) is 49.3 Å². The van der Waals surface area contributed by atoms with Gasteiger partial charge in [0.15, 0.2) is 0 Å². The van der Waals surface area contributed by atoms with Gasteiger partial charge in [-0.3, -0.25) is 4.79 Å². The van der Waals surface area contributed by atoms with E-state index in [-0.39, 0.29) is 18.6 Å². The number of hydrogen-bond acceptors (Lipinski definition) is 3. The van der Waals surface area contributed by atoms with Gasteiger partial charge in [0.1, 0.15) is 0 Å². The minimum Gasteiger partial charge on any atom is -0.394 e. The number of rotatable bonds is 3. The molecule has 0 aromatic carbocycles. The van der Waals surface area contributed by atoms with Gasteiger partial charge >= 0.3 is 0 Å². The van der Waals surface area contributed by atoms with Crippen LogP contribution in [0.25, 0.3) is 0 Å². The minimum absolute atomic E-state index is 0.0328. The van der Waals surface area contributed by atoms with Crippen molar-refractivity contribution in [3.63, 3.8) is 0 Å². The lowest BCUT2D eigenvalue weighted by Crippen LogP contribution is -2.35. The second-order valence-electron chi connectivity index (χ2n) is 3.03. The van der Waals surface area contributed by atoms with Gasteiger partial charge in [-0.25, -0.2) is 0 Å². The van der Waals surface area contributed by atoms with E-state index < -0.39 is 0 Å². The molecule has 0 aliphatic heterocycles. The predicted octanol–water partition coefficient (Wildman–Crippen LogP) is 1.17. The quantitative estimate of drug-likeness (QED) is 0.767. The van der Waals surface area contributed by atoms with Crippen LogP contribution in [0.1, 0.15) is 22.8 Å². The molecule has 72 valence electrons. The Bertz CT molecular complexity index is 296. The number of nitrogens with one attached hydrogen (secondary N) is 1. The normalized spacial score (nSPS) is 12.5. The third kappa shape index (κ3) is 2.54. The molecule has 0 saturated carbocycles. The maximum absolute atomic E-state index is 11.5. The monoisotopic (exact) mass is 199 g/mol. The van der Waals surface area contributed by atoms with E-state index in [1.165, 1.54) is 11.3 Å². The first-order valence-corrected chi connectivity index (χ1v) is 5.04. The van der Waals surface area contributed by atoms with E-state index >= 15 is 0 Å². The first-order chi connectivity index (χ1) is 6.15. The SMILES string of the molecule is Cc1cscc1C(=O)N[C@H](C)CO. The van der Waals surface area contributed by atoms with Crippen LogP contribution in [0.2, 0.25) is 0 Å². The highest BCUT2D eigenvalue weighted by atomic mass is 32.1. The third-order valence-corrected chi connectivity index (χ3v) is 2.61. The fourth-order valence-electron chi connectivity index (χ4n) is 0.940. The second-order valence-corrected chi connectivity index (χ2v) is 3.77. The molecule has 1 aromatic heterocycles. The number of carbonyl (C=O) groups is 1. The van der Waals surface area contributed by atoms with Gasteiger partial charge in [0, 0.05) is 11.4 Å². The summed E-state index contributed by atoms with van der Waals surface area (Å²) < 4.78 is 0. The lowest BCUT2D eigenvalue weighted by atomic mass is 10.2. The van der Waals surface area contributed by atoms with Crippen molar-refractivity contribution in [3.8, 4) is 0 Å². The van der Waals surface area contributed by atoms with Crippen molar-refractivity contribution in [1.29, 1.82) is 0 Å². The van der Waals surface area contributed by atoms with E-state index in [0.29, 0.717) is 5.56 Å². The Morgan fingerprint density at radius 1 is 1.69 bits per heavy atom. The molecule has 0 bridgehead atoms. The summed E-state index contributed by atoms with van der Waals surface area (Å²) in [5, 5.41) is 15.2. The second kappa shape index (κ2) is 4.39. The minimum atomic E-state index is -0.188. The van der Waals surface area contributed by atoms with E-state index in [4.69, 9.17) is 5.11 Å². The van der Waals surface area contributed by atoms with Crippen LogP contribution >= 0.6 is 11.3 Å². The van der Waals surface area contributed by atoms with Crippen molar-refractivity contribution >= 4 is 17.2 Å². The Morgan fingerprint density at radius 3 is 2.85 bits per heavy atom. The summed E-state index contributed by atoms with van der Waals surface area (Å²) in [6.45, 7) is 3.63. The van der Waals surface area contributed by atoms with Crippen molar-refractivity contribution in [2.45, 2.75) is 19.9 Å². The van der Waals surface area contributed by atoms with Crippen LogP contribution < -0.4 is 5.32 Å². The molecule has 0 saturated heterocycles. The molecule has 0 spiro atoms. The molecule has 0 aliphatic carbocycles. The van der Waals surface area contributed by atoms with Gasteiger partial charge in [0.05, 0.1) is 12.2 Å². The molecule has 13 heavy (non-hydrogen) atoms. The number of thiophene rings is 1. The Kier molecular flexibility index (Phi) is 3.45. The van der Waals surface area contributed by atoms with Crippen molar-refractivity contribution in [1.82, 2.24) is 5.32 Å². The Labute approximate surface area is 81.4 Å². The molecule has 2 N–H and O–H groups in total. The summed E-state index contributed by atoms with van der Waals surface area (Å²) in [4.78, 5) is 11.5. The van der Waals surface area contributed by atoms with Crippen LogP contribution in [-0.2, 0) is 0 Å². The highest BCUT2D eigenvalue weighted by Gasteiger charge is 2.11. The van der Waals surface area contributed by atoms with E-state index in [2.05, 4.69) is 5.32 Å². The van der Waals surface area contributed by atoms with Gasteiger partial charge in [-0.05, 0) is 24.8 Å². The van der Waals surface area contributed by atoms with Crippen molar-refractivity contribution < 1.29 is 9.90 Å². The first kappa shape index (κ1) is 10.2. The number of carbonyl (C=O) groups excluding carboxylic acids is 1. The van der Waals surface area contributed by atoms with Gasteiger partial charge in [0.2, 0.25) is 0 Å². The standard InChI is InChI=1S/C9H13NO2S/c1-6-4-13-5-8(6)9(12)10-7(2)3-11/h4-5,7,11H,3H2,1-2H3,(H,10,12)/t7-/m1/s1. The van der Waals surface area contributed by atoms with E-state index in [0.717, 1.165) is 5.56 Å². The number of hydrogen-bond donors (Lipinski definition) is 2. The molecule has 1 rings (SSSR count). The molecule has 1 aromatic rings. The van der Waals surface area contributed by atoms with Gasteiger partial charge in [0.25, 0.3) is 5.91 Å². The average Bonchev–Trinajstić information content (AvgIpc) is 2.51. The summed E-state index contributed by atoms with van der Waals surface area (Å²) in [5.41, 5.74) is 1.68. The van der Waals surface area contributed by atoms with Gasteiger partial charge < -0.3 is 10.4 Å². The lowest BCUT2D eigenvalue weighted by Gasteiger charge is -2.09. The van der Waals surface area contributed by atoms with Gasteiger partial charge in [-0.2, -0.15) is 11.3 Å². The molecule has 1 heterocycles. The predicted molar refractivity (Wildman–Crippen MR) is 53.1 cm³/mol. The van der Waals surface area contributed by atoms with Crippen molar-refractivity contribution in [3.05, 3.63) is 21.9 Å². The summed E-state index contributed by atoms with van der Waals surface area (Å²) in [6.07, 6.45) is 0. The van der Waals surface area contributed by atoms with E-state index in [9.17, 15) is 4.79 Å². The first-order valence-electron chi connectivity index (χ1n) is 4.09. The summed E-state index contributed by atoms with van der Waals surface area (Å²) in [7, 11) is 0. The fraction of sp³-hybridized carbons (Fsp3) is 0.444. The molecule has 0 unspecified atom stereocenters. The molecule has 0 fully saturated rings. The zero-order valence-corrected chi connectivity index (χ0v) is 8.52. The van der Waals surface area contributed by atoms with E-state index in [1.54, 1.807) is 6.92 Å². The van der Waals surface area contributed by atoms with Crippen LogP contribution in [0.15, 0.2) is 10.8 Å².